The van der Waals surface area contributed by atoms with Crippen LogP contribution in [-0.2, 0) is 0 Å². The molecule has 0 bridgehead atoms. The van der Waals surface area contributed by atoms with Gasteiger partial charge in [-0.1, -0.05) is 36.4 Å². The lowest BCUT2D eigenvalue weighted by Crippen LogP contribution is -1.86. The molecule has 6 rings (SSSR count). The summed E-state index contributed by atoms with van der Waals surface area (Å²) in [6, 6.07) is 19.0. The quantitative estimate of drug-likeness (QED) is 0.399. The van der Waals surface area contributed by atoms with Crippen molar-refractivity contribution in [2.24, 2.45) is 0 Å². The number of nitrogens with one attached hydrogen (secondary N) is 3. The monoisotopic (exact) mass is 349 g/mol. The van der Waals surface area contributed by atoms with Crippen LogP contribution in [0.5, 0.6) is 0 Å². The normalized spacial score (nSPS) is 11.7. The van der Waals surface area contributed by atoms with Gasteiger partial charge in [0.1, 0.15) is 0 Å². The van der Waals surface area contributed by atoms with E-state index >= 15 is 0 Å². The number of benzene rings is 3. The summed E-state index contributed by atoms with van der Waals surface area (Å²) in [6.07, 6.45) is 5.61. The number of imidazole rings is 1. The highest BCUT2D eigenvalue weighted by Crippen LogP contribution is 2.38. The standard InChI is InChI=1S/C22H15N5/c1-3-13(15-9-10-23-19(15)5-1)17-8-7-14(18-11-26-27-21(17)18)16-4-2-6-20-22(16)25-12-24-20/h1-12,23H,(H,24,25)(H,26,27). The third-order valence-corrected chi connectivity index (χ3v) is 5.24. The minimum absolute atomic E-state index is 0.973. The van der Waals surface area contributed by atoms with E-state index in [1.165, 1.54) is 10.9 Å². The van der Waals surface area contributed by atoms with Gasteiger partial charge < -0.3 is 9.97 Å². The summed E-state index contributed by atoms with van der Waals surface area (Å²) in [5.74, 6) is 0. The Morgan fingerprint density at radius 3 is 2.44 bits per heavy atom. The summed E-state index contributed by atoms with van der Waals surface area (Å²) in [6.45, 7) is 0. The minimum atomic E-state index is 0.973. The molecule has 27 heavy (non-hydrogen) atoms. The molecule has 3 aromatic heterocycles. The SMILES string of the molecule is c1cc(-c2ccc(-c3cccc4[nH]cnc34)c3cn[nH]c23)c2cc[nH]c2c1. The van der Waals surface area contributed by atoms with Crippen molar-refractivity contribution in [3.63, 3.8) is 0 Å². The lowest BCUT2D eigenvalue weighted by atomic mass is 9.94. The maximum Gasteiger partial charge on any atom is 0.0961 e. The Morgan fingerprint density at radius 1 is 0.667 bits per heavy atom. The summed E-state index contributed by atoms with van der Waals surface area (Å²) in [7, 11) is 0. The van der Waals surface area contributed by atoms with Gasteiger partial charge in [0.25, 0.3) is 0 Å². The second-order valence-corrected chi connectivity index (χ2v) is 6.67. The van der Waals surface area contributed by atoms with Crippen LogP contribution in [0.15, 0.2) is 73.3 Å². The summed E-state index contributed by atoms with van der Waals surface area (Å²) >= 11 is 0. The van der Waals surface area contributed by atoms with Crippen LogP contribution in [0.4, 0.5) is 0 Å². The molecule has 0 spiro atoms. The first kappa shape index (κ1) is 14.3. The molecule has 0 aliphatic carbocycles. The Hall–Kier alpha value is -3.86. The maximum atomic E-state index is 4.51. The van der Waals surface area contributed by atoms with Crippen LogP contribution in [0.1, 0.15) is 0 Å². The Labute approximate surface area is 154 Å². The van der Waals surface area contributed by atoms with E-state index in [9.17, 15) is 0 Å². The second kappa shape index (κ2) is 5.32. The number of rotatable bonds is 2. The molecule has 5 nitrogen and oxygen atoms in total. The van der Waals surface area contributed by atoms with E-state index in [4.69, 9.17) is 0 Å². The van der Waals surface area contributed by atoms with E-state index in [-0.39, 0.29) is 0 Å². The predicted molar refractivity (Wildman–Crippen MR) is 108 cm³/mol. The smallest absolute Gasteiger partial charge is 0.0961 e. The van der Waals surface area contributed by atoms with Crippen molar-refractivity contribution in [1.29, 1.82) is 0 Å². The second-order valence-electron chi connectivity index (χ2n) is 6.67. The van der Waals surface area contributed by atoms with Crippen molar-refractivity contribution in [2.75, 3.05) is 0 Å². The van der Waals surface area contributed by atoms with Gasteiger partial charge in [-0.2, -0.15) is 5.10 Å². The number of fused-ring (bicyclic) bond motifs is 3. The van der Waals surface area contributed by atoms with Gasteiger partial charge in [0.2, 0.25) is 0 Å². The molecule has 3 N–H and O–H groups in total. The molecule has 0 aliphatic heterocycles. The third-order valence-electron chi connectivity index (χ3n) is 5.24. The van der Waals surface area contributed by atoms with Crippen molar-refractivity contribution < 1.29 is 0 Å². The van der Waals surface area contributed by atoms with Crippen LogP contribution >= 0.6 is 0 Å². The molecule has 5 heteroatoms. The van der Waals surface area contributed by atoms with Crippen LogP contribution in [-0.4, -0.2) is 25.1 Å². The first-order valence-corrected chi connectivity index (χ1v) is 8.85. The Bertz CT molecular complexity index is 1330. The molecule has 128 valence electrons. The van der Waals surface area contributed by atoms with Crippen molar-refractivity contribution in [3.05, 3.63) is 73.3 Å². The van der Waals surface area contributed by atoms with Crippen molar-refractivity contribution in [3.8, 4) is 22.3 Å². The van der Waals surface area contributed by atoms with Gasteiger partial charge in [-0.3, -0.25) is 5.10 Å². The van der Waals surface area contributed by atoms with Gasteiger partial charge in [0, 0.05) is 33.6 Å². The maximum absolute atomic E-state index is 4.51. The first-order chi connectivity index (χ1) is 13.4. The van der Waals surface area contributed by atoms with Crippen molar-refractivity contribution in [2.45, 2.75) is 0 Å². The fourth-order valence-electron chi connectivity index (χ4n) is 4.00. The number of hydrogen-bond acceptors (Lipinski definition) is 2. The number of H-pyrrole nitrogens is 3. The number of hydrogen-bond donors (Lipinski definition) is 3. The molecule has 0 unspecified atom stereocenters. The Morgan fingerprint density at radius 2 is 1.48 bits per heavy atom. The molecule has 0 fully saturated rings. The number of para-hydroxylation sites is 1. The Balaban J connectivity index is 1.66. The van der Waals surface area contributed by atoms with Gasteiger partial charge in [-0.05, 0) is 29.3 Å². The third kappa shape index (κ3) is 1.99. The highest BCUT2D eigenvalue weighted by atomic mass is 15.1. The summed E-state index contributed by atoms with van der Waals surface area (Å²) in [5.41, 5.74) is 8.73. The van der Waals surface area contributed by atoms with Gasteiger partial charge in [-0.25, -0.2) is 4.98 Å². The molecule has 6 aromatic rings. The molecule has 0 saturated heterocycles. The number of aromatic nitrogens is 5. The zero-order valence-electron chi connectivity index (χ0n) is 14.3. The molecule has 3 aromatic carbocycles. The van der Waals surface area contributed by atoms with Crippen LogP contribution in [0, 0.1) is 0 Å². The molecule has 0 radical (unpaired) electrons. The predicted octanol–water partition coefficient (Wildman–Crippen LogP) is 5.25. The van der Waals surface area contributed by atoms with E-state index in [2.05, 4.69) is 73.7 Å². The molecular formula is C22H15N5. The van der Waals surface area contributed by atoms with Gasteiger partial charge >= 0.3 is 0 Å². The van der Waals surface area contributed by atoms with Gasteiger partial charge in [0.05, 0.1) is 29.1 Å². The van der Waals surface area contributed by atoms with Crippen molar-refractivity contribution in [1.82, 2.24) is 25.1 Å². The van der Waals surface area contributed by atoms with Gasteiger partial charge in [-0.15, -0.1) is 0 Å². The van der Waals surface area contributed by atoms with Crippen LogP contribution in [0.25, 0.3) is 55.1 Å². The molecule has 0 amide bonds. The molecular weight excluding hydrogens is 334 g/mol. The largest absolute Gasteiger partial charge is 0.361 e. The summed E-state index contributed by atoms with van der Waals surface area (Å²) < 4.78 is 0. The highest BCUT2D eigenvalue weighted by Gasteiger charge is 2.15. The zero-order chi connectivity index (χ0) is 17.8. The topological polar surface area (TPSA) is 73.2 Å². The zero-order valence-corrected chi connectivity index (χ0v) is 14.3. The fourth-order valence-corrected chi connectivity index (χ4v) is 4.00. The van der Waals surface area contributed by atoms with E-state index in [0.29, 0.717) is 0 Å². The van der Waals surface area contributed by atoms with E-state index < -0.39 is 0 Å². The lowest BCUT2D eigenvalue weighted by Gasteiger charge is -2.10. The van der Waals surface area contributed by atoms with Gasteiger partial charge in [0.15, 0.2) is 0 Å². The van der Waals surface area contributed by atoms with Crippen LogP contribution < -0.4 is 0 Å². The highest BCUT2D eigenvalue weighted by molar-refractivity contribution is 6.09. The van der Waals surface area contributed by atoms with E-state index in [1.807, 2.05) is 18.5 Å². The molecule has 0 aliphatic rings. The summed E-state index contributed by atoms with van der Waals surface area (Å²) in [4.78, 5) is 11.0. The molecule has 0 saturated carbocycles. The fraction of sp³-hybridized carbons (Fsp3) is 0. The van der Waals surface area contributed by atoms with Crippen LogP contribution in [0.2, 0.25) is 0 Å². The average molecular weight is 349 g/mol. The van der Waals surface area contributed by atoms with Crippen molar-refractivity contribution >= 4 is 32.8 Å². The number of nitrogens with zero attached hydrogens (tertiary/aromatic N) is 2. The lowest BCUT2D eigenvalue weighted by molar-refractivity contribution is 1.12. The number of aromatic amines is 3. The Kier molecular flexibility index (Phi) is 2.82. The van der Waals surface area contributed by atoms with E-state index in [0.717, 1.165) is 44.1 Å². The molecule has 0 atom stereocenters. The molecule has 3 heterocycles. The first-order valence-electron chi connectivity index (χ1n) is 8.85. The van der Waals surface area contributed by atoms with Crippen LogP contribution in [0.3, 0.4) is 0 Å². The summed E-state index contributed by atoms with van der Waals surface area (Å²) in [5, 5.41) is 9.85. The minimum Gasteiger partial charge on any atom is -0.361 e. The van der Waals surface area contributed by atoms with E-state index in [1.54, 1.807) is 6.33 Å². The average Bonchev–Trinajstić information content (AvgIpc) is 3.46.